The summed E-state index contributed by atoms with van der Waals surface area (Å²) in [5.41, 5.74) is 0.819. The summed E-state index contributed by atoms with van der Waals surface area (Å²) in [6, 6.07) is 3.77. The molecule has 2 heterocycles. The molecule has 1 aromatic rings. The van der Waals surface area contributed by atoms with Crippen LogP contribution in [0.2, 0.25) is 0 Å². The van der Waals surface area contributed by atoms with Crippen LogP contribution in [0.3, 0.4) is 0 Å². The summed E-state index contributed by atoms with van der Waals surface area (Å²) in [7, 11) is -0.650. The molecular formula is C10H14N2O2S. The summed E-state index contributed by atoms with van der Waals surface area (Å²) in [6.45, 7) is 1.63. The van der Waals surface area contributed by atoms with Crippen molar-refractivity contribution >= 4 is 16.6 Å². The fraction of sp³-hybridized carbons (Fsp3) is 0.500. The molecule has 0 unspecified atom stereocenters. The van der Waals surface area contributed by atoms with Gasteiger partial charge in [0.05, 0.1) is 6.61 Å². The SMILES string of the molecule is O=S1CCN(c2ccc(CO)cn2)CC1. The van der Waals surface area contributed by atoms with Gasteiger partial charge in [-0.25, -0.2) is 4.98 Å². The van der Waals surface area contributed by atoms with E-state index in [-0.39, 0.29) is 6.61 Å². The Hall–Kier alpha value is -0.940. The number of nitrogens with zero attached hydrogens (tertiary/aromatic N) is 2. The second-order valence-electron chi connectivity index (χ2n) is 3.52. The highest BCUT2D eigenvalue weighted by Crippen LogP contribution is 2.13. The monoisotopic (exact) mass is 226 g/mol. The molecule has 5 heteroatoms. The van der Waals surface area contributed by atoms with Crippen molar-refractivity contribution in [3.05, 3.63) is 23.9 Å². The van der Waals surface area contributed by atoms with Gasteiger partial charge in [-0.15, -0.1) is 0 Å². The second kappa shape index (κ2) is 4.72. The molecule has 0 atom stereocenters. The Morgan fingerprint density at radius 1 is 1.40 bits per heavy atom. The van der Waals surface area contributed by atoms with Gasteiger partial charge in [0.2, 0.25) is 0 Å². The van der Waals surface area contributed by atoms with Crippen LogP contribution in [-0.4, -0.2) is 38.9 Å². The lowest BCUT2D eigenvalue weighted by molar-refractivity contribution is 0.281. The summed E-state index contributed by atoms with van der Waals surface area (Å²) < 4.78 is 11.2. The fourth-order valence-corrected chi connectivity index (χ4v) is 2.62. The molecule has 0 radical (unpaired) electrons. The number of pyridine rings is 1. The van der Waals surface area contributed by atoms with Crippen molar-refractivity contribution in [3.63, 3.8) is 0 Å². The van der Waals surface area contributed by atoms with E-state index in [1.807, 2.05) is 12.1 Å². The second-order valence-corrected chi connectivity index (χ2v) is 5.21. The zero-order valence-corrected chi connectivity index (χ0v) is 9.24. The number of hydrogen-bond donors (Lipinski definition) is 1. The normalized spacial score (nSPS) is 18.1. The van der Waals surface area contributed by atoms with Crippen molar-refractivity contribution in [1.82, 2.24) is 4.98 Å². The van der Waals surface area contributed by atoms with Gasteiger partial charge in [0.1, 0.15) is 5.82 Å². The summed E-state index contributed by atoms with van der Waals surface area (Å²) in [5, 5.41) is 8.88. The molecule has 1 aliphatic rings. The maximum absolute atomic E-state index is 11.2. The standard InChI is InChI=1S/C10H14N2O2S/c13-8-9-1-2-10(11-7-9)12-3-5-15(14)6-4-12/h1-2,7,13H,3-6,8H2. The first-order valence-electron chi connectivity index (χ1n) is 4.95. The quantitative estimate of drug-likeness (QED) is 0.779. The van der Waals surface area contributed by atoms with Crippen molar-refractivity contribution < 1.29 is 9.32 Å². The number of aromatic nitrogens is 1. The highest BCUT2D eigenvalue weighted by molar-refractivity contribution is 7.85. The van der Waals surface area contributed by atoms with Gasteiger partial charge in [0, 0.05) is 41.6 Å². The van der Waals surface area contributed by atoms with Gasteiger partial charge in [0.25, 0.3) is 0 Å². The number of aliphatic hydroxyl groups is 1. The summed E-state index contributed by atoms with van der Waals surface area (Å²) in [6.07, 6.45) is 1.68. The Morgan fingerprint density at radius 2 is 2.13 bits per heavy atom. The van der Waals surface area contributed by atoms with E-state index in [1.54, 1.807) is 6.20 Å². The Kier molecular flexibility index (Phi) is 3.33. The van der Waals surface area contributed by atoms with Crippen LogP contribution in [0.15, 0.2) is 18.3 Å². The molecule has 1 aromatic heterocycles. The molecule has 0 aliphatic carbocycles. The minimum atomic E-state index is -0.650. The van der Waals surface area contributed by atoms with Crippen molar-refractivity contribution in [2.24, 2.45) is 0 Å². The zero-order valence-electron chi connectivity index (χ0n) is 8.43. The first-order valence-corrected chi connectivity index (χ1v) is 6.44. The van der Waals surface area contributed by atoms with Crippen molar-refractivity contribution in [2.45, 2.75) is 6.61 Å². The van der Waals surface area contributed by atoms with E-state index in [2.05, 4.69) is 9.88 Å². The topological polar surface area (TPSA) is 53.4 Å². The predicted octanol–water partition coefficient (Wildman–Crippen LogP) is 0.143. The van der Waals surface area contributed by atoms with Gasteiger partial charge in [-0.2, -0.15) is 0 Å². The lowest BCUT2D eigenvalue weighted by Gasteiger charge is -2.27. The van der Waals surface area contributed by atoms with E-state index in [9.17, 15) is 4.21 Å². The van der Waals surface area contributed by atoms with Crippen LogP contribution in [0.5, 0.6) is 0 Å². The molecule has 82 valence electrons. The third kappa shape index (κ3) is 2.54. The Morgan fingerprint density at radius 3 is 2.67 bits per heavy atom. The zero-order chi connectivity index (χ0) is 10.7. The molecule has 0 saturated carbocycles. The minimum absolute atomic E-state index is 0.0251. The lowest BCUT2D eigenvalue weighted by Crippen LogP contribution is -2.38. The van der Waals surface area contributed by atoms with E-state index >= 15 is 0 Å². The van der Waals surface area contributed by atoms with Gasteiger partial charge in [-0.3, -0.25) is 4.21 Å². The summed E-state index contributed by atoms with van der Waals surface area (Å²) in [4.78, 5) is 6.39. The molecule has 0 spiro atoms. The van der Waals surface area contributed by atoms with E-state index < -0.39 is 10.8 Å². The number of rotatable bonds is 2. The van der Waals surface area contributed by atoms with Crippen molar-refractivity contribution in [2.75, 3.05) is 29.5 Å². The Labute approximate surface area is 91.4 Å². The molecule has 1 aliphatic heterocycles. The van der Waals surface area contributed by atoms with Crippen molar-refractivity contribution in [1.29, 1.82) is 0 Å². The first-order chi connectivity index (χ1) is 7.29. The van der Waals surface area contributed by atoms with Gasteiger partial charge in [-0.05, 0) is 11.6 Å². The average molecular weight is 226 g/mol. The maximum atomic E-state index is 11.2. The third-order valence-corrected chi connectivity index (χ3v) is 3.77. The van der Waals surface area contributed by atoms with Gasteiger partial charge in [0.15, 0.2) is 0 Å². The Balaban J connectivity index is 2.06. The molecule has 0 amide bonds. The van der Waals surface area contributed by atoms with E-state index in [0.717, 1.165) is 36.0 Å². The van der Waals surface area contributed by atoms with Crippen LogP contribution >= 0.6 is 0 Å². The van der Waals surface area contributed by atoms with Crippen molar-refractivity contribution in [3.8, 4) is 0 Å². The van der Waals surface area contributed by atoms with Crippen LogP contribution in [0, 0.1) is 0 Å². The molecule has 0 aromatic carbocycles. The number of aliphatic hydroxyl groups excluding tert-OH is 1. The smallest absolute Gasteiger partial charge is 0.128 e. The molecule has 1 saturated heterocycles. The van der Waals surface area contributed by atoms with Crippen LogP contribution in [0.4, 0.5) is 5.82 Å². The number of hydrogen-bond acceptors (Lipinski definition) is 4. The molecule has 1 N–H and O–H groups in total. The molecule has 15 heavy (non-hydrogen) atoms. The van der Waals surface area contributed by atoms with E-state index in [1.165, 1.54) is 0 Å². The summed E-state index contributed by atoms with van der Waals surface area (Å²) >= 11 is 0. The van der Waals surface area contributed by atoms with E-state index in [4.69, 9.17) is 5.11 Å². The molecule has 2 rings (SSSR count). The van der Waals surface area contributed by atoms with Gasteiger partial charge >= 0.3 is 0 Å². The van der Waals surface area contributed by atoms with Crippen LogP contribution in [0.25, 0.3) is 0 Å². The predicted molar refractivity (Wildman–Crippen MR) is 60.2 cm³/mol. The fourth-order valence-electron chi connectivity index (χ4n) is 1.56. The van der Waals surface area contributed by atoms with Crippen LogP contribution in [-0.2, 0) is 17.4 Å². The highest BCUT2D eigenvalue weighted by atomic mass is 32.2. The summed E-state index contributed by atoms with van der Waals surface area (Å²) in [5.74, 6) is 2.36. The van der Waals surface area contributed by atoms with Gasteiger partial charge < -0.3 is 10.0 Å². The number of anilines is 1. The highest BCUT2D eigenvalue weighted by Gasteiger charge is 2.15. The largest absolute Gasteiger partial charge is 0.392 e. The molecule has 4 nitrogen and oxygen atoms in total. The molecule has 0 bridgehead atoms. The maximum Gasteiger partial charge on any atom is 0.128 e. The third-order valence-electron chi connectivity index (χ3n) is 2.49. The average Bonchev–Trinajstić information content (AvgIpc) is 2.30. The van der Waals surface area contributed by atoms with Crippen LogP contribution < -0.4 is 4.90 Å². The molecular weight excluding hydrogens is 212 g/mol. The minimum Gasteiger partial charge on any atom is -0.392 e. The molecule has 1 fully saturated rings. The Bertz CT molecular complexity index is 343. The van der Waals surface area contributed by atoms with E-state index in [0.29, 0.717) is 0 Å². The van der Waals surface area contributed by atoms with Crippen LogP contribution in [0.1, 0.15) is 5.56 Å². The lowest BCUT2D eigenvalue weighted by atomic mass is 10.3. The van der Waals surface area contributed by atoms with Gasteiger partial charge in [-0.1, -0.05) is 6.07 Å². The first kappa shape index (κ1) is 10.6.